The molecule has 26 heavy (non-hydrogen) atoms. The molecule has 134 valence electrons. The number of aliphatic hydroxyl groups excluding tert-OH is 1. The number of hydrogen-bond acceptors (Lipinski definition) is 6. The standard InChI is InChI=1S/C18H17N3O4S/c1-10(22)8-15(23)16-11(2)20-21(17(16)24)18-19-14(9-26-18)12-4-6-13(25-3)7-5-12/h4-9,20,23H,1-3H3/b15-8-. The number of thiazole rings is 1. The van der Waals surface area contributed by atoms with Gasteiger partial charge in [-0.05, 0) is 38.1 Å². The Morgan fingerprint density at radius 2 is 2.04 bits per heavy atom. The van der Waals surface area contributed by atoms with Gasteiger partial charge in [0.25, 0.3) is 5.56 Å². The first-order valence-electron chi connectivity index (χ1n) is 7.74. The SMILES string of the molecule is COc1ccc(-c2csc(-n3[nH]c(C)c(/C(O)=C/C(C)=O)c3=O)n2)cc1. The molecule has 7 nitrogen and oxygen atoms in total. The lowest BCUT2D eigenvalue weighted by Gasteiger charge is -2.00. The number of H-pyrrole nitrogens is 1. The smallest absolute Gasteiger partial charge is 0.284 e. The van der Waals surface area contributed by atoms with Crippen molar-refractivity contribution in [3.05, 3.63) is 57.3 Å². The van der Waals surface area contributed by atoms with E-state index in [1.54, 1.807) is 14.0 Å². The molecule has 3 rings (SSSR count). The summed E-state index contributed by atoms with van der Waals surface area (Å²) in [4.78, 5) is 28.3. The molecule has 2 aromatic heterocycles. The minimum Gasteiger partial charge on any atom is -0.507 e. The number of rotatable bonds is 5. The van der Waals surface area contributed by atoms with E-state index in [9.17, 15) is 14.7 Å². The van der Waals surface area contributed by atoms with E-state index >= 15 is 0 Å². The van der Waals surface area contributed by atoms with E-state index in [0.717, 1.165) is 23.1 Å². The molecule has 0 saturated heterocycles. The minimum atomic E-state index is -0.465. The van der Waals surface area contributed by atoms with Gasteiger partial charge in [-0.3, -0.25) is 14.7 Å². The molecule has 0 unspecified atom stereocenters. The minimum absolute atomic E-state index is 0.0568. The molecule has 0 aliphatic heterocycles. The highest BCUT2D eigenvalue weighted by Gasteiger charge is 2.18. The number of carbonyl (C=O) groups excluding carboxylic acids is 1. The largest absolute Gasteiger partial charge is 0.507 e. The molecule has 0 aliphatic carbocycles. The van der Waals surface area contributed by atoms with Crippen molar-refractivity contribution in [2.75, 3.05) is 7.11 Å². The number of benzene rings is 1. The maximum Gasteiger partial charge on any atom is 0.284 e. The van der Waals surface area contributed by atoms with Gasteiger partial charge in [-0.15, -0.1) is 11.3 Å². The lowest BCUT2D eigenvalue weighted by atomic mass is 10.2. The van der Waals surface area contributed by atoms with Crippen LogP contribution in [0.4, 0.5) is 0 Å². The van der Waals surface area contributed by atoms with Crippen molar-refractivity contribution in [3.63, 3.8) is 0 Å². The number of aromatic amines is 1. The van der Waals surface area contributed by atoms with Crippen molar-refractivity contribution in [2.24, 2.45) is 0 Å². The zero-order chi connectivity index (χ0) is 18.8. The van der Waals surface area contributed by atoms with Gasteiger partial charge in [0.15, 0.2) is 5.78 Å². The second-order valence-electron chi connectivity index (χ2n) is 5.64. The third-order valence-corrected chi connectivity index (χ3v) is 4.56. The van der Waals surface area contributed by atoms with Crippen molar-refractivity contribution in [3.8, 4) is 22.1 Å². The van der Waals surface area contributed by atoms with Crippen LogP contribution < -0.4 is 10.3 Å². The number of nitrogens with zero attached hydrogens (tertiary/aromatic N) is 2. The number of ether oxygens (including phenoxy) is 1. The van der Waals surface area contributed by atoms with Crippen LogP contribution in [0.1, 0.15) is 18.2 Å². The zero-order valence-electron chi connectivity index (χ0n) is 14.4. The first kappa shape index (κ1) is 17.7. The van der Waals surface area contributed by atoms with E-state index in [2.05, 4.69) is 10.1 Å². The summed E-state index contributed by atoms with van der Waals surface area (Å²) in [6.07, 6.45) is 1.02. The van der Waals surface area contributed by atoms with Crippen LogP contribution in [0.5, 0.6) is 5.75 Å². The normalized spacial score (nSPS) is 11.6. The topological polar surface area (TPSA) is 97.2 Å². The number of nitrogens with one attached hydrogen (secondary N) is 1. The average molecular weight is 371 g/mol. The van der Waals surface area contributed by atoms with E-state index in [1.165, 1.54) is 22.9 Å². The Bertz CT molecular complexity index is 1040. The Kier molecular flexibility index (Phi) is 4.77. The quantitative estimate of drug-likeness (QED) is 0.531. The fourth-order valence-electron chi connectivity index (χ4n) is 2.51. The van der Waals surface area contributed by atoms with E-state index < -0.39 is 5.56 Å². The first-order valence-corrected chi connectivity index (χ1v) is 8.62. The fourth-order valence-corrected chi connectivity index (χ4v) is 3.30. The number of carbonyl (C=O) groups is 1. The van der Waals surface area contributed by atoms with Gasteiger partial charge in [0.05, 0.1) is 12.8 Å². The van der Waals surface area contributed by atoms with Gasteiger partial charge in [0, 0.05) is 22.7 Å². The molecule has 2 heterocycles. The number of aliphatic hydroxyl groups is 1. The number of methoxy groups -OCH3 is 1. The maximum atomic E-state index is 12.6. The van der Waals surface area contributed by atoms with Crippen molar-refractivity contribution in [1.29, 1.82) is 0 Å². The molecule has 0 saturated carbocycles. The highest BCUT2D eigenvalue weighted by atomic mass is 32.1. The molecule has 0 bridgehead atoms. The molecular formula is C18H17N3O4S. The van der Waals surface area contributed by atoms with Crippen LogP contribution in [0.25, 0.3) is 22.1 Å². The Hall–Kier alpha value is -3.13. The van der Waals surface area contributed by atoms with Crippen molar-refractivity contribution in [1.82, 2.24) is 14.8 Å². The molecule has 0 fully saturated rings. The zero-order valence-corrected chi connectivity index (χ0v) is 15.3. The Labute approximate surface area is 153 Å². The summed E-state index contributed by atoms with van der Waals surface area (Å²) in [5.41, 5.74) is 1.65. The summed E-state index contributed by atoms with van der Waals surface area (Å²) < 4.78 is 6.40. The molecule has 0 radical (unpaired) electrons. The summed E-state index contributed by atoms with van der Waals surface area (Å²) in [5.74, 6) is 0.0461. The van der Waals surface area contributed by atoms with E-state index in [-0.39, 0.29) is 17.1 Å². The summed E-state index contributed by atoms with van der Waals surface area (Å²) in [6, 6.07) is 7.44. The van der Waals surface area contributed by atoms with Crippen LogP contribution in [0, 0.1) is 6.92 Å². The molecule has 0 aliphatic rings. The number of aryl methyl sites for hydroxylation is 1. The molecule has 2 N–H and O–H groups in total. The third-order valence-electron chi connectivity index (χ3n) is 3.74. The van der Waals surface area contributed by atoms with E-state index in [0.29, 0.717) is 10.8 Å². The van der Waals surface area contributed by atoms with Crippen LogP contribution in [-0.2, 0) is 4.79 Å². The van der Waals surface area contributed by atoms with Crippen LogP contribution >= 0.6 is 11.3 Å². The van der Waals surface area contributed by atoms with Gasteiger partial charge in [0.2, 0.25) is 5.13 Å². The number of ketones is 1. The predicted octanol–water partition coefficient (Wildman–Crippen LogP) is 3.09. The van der Waals surface area contributed by atoms with Gasteiger partial charge in [-0.25, -0.2) is 4.98 Å². The van der Waals surface area contributed by atoms with Crippen molar-refractivity contribution >= 4 is 22.9 Å². The summed E-state index contributed by atoms with van der Waals surface area (Å²) in [7, 11) is 1.60. The molecule has 8 heteroatoms. The first-order chi connectivity index (χ1) is 12.4. The van der Waals surface area contributed by atoms with Crippen LogP contribution in [0.15, 0.2) is 40.5 Å². The maximum absolute atomic E-state index is 12.6. The van der Waals surface area contributed by atoms with Gasteiger partial charge >= 0.3 is 0 Å². The molecule has 1 aromatic carbocycles. The predicted molar refractivity (Wildman–Crippen MR) is 100 cm³/mol. The number of aromatic nitrogens is 3. The third kappa shape index (κ3) is 3.31. The van der Waals surface area contributed by atoms with Gasteiger partial charge in [-0.2, -0.15) is 4.68 Å². The van der Waals surface area contributed by atoms with E-state index in [1.807, 2.05) is 29.6 Å². The molecule has 3 aromatic rings. The summed E-state index contributed by atoms with van der Waals surface area (Å²) >= 11 is 1.29. The molecule has 0 spiro atoms. The van der Waals surface area contributed by atoms with Crippen LogP contribution in [-0.4, -0.2) is 32.8 Å². The Balaban J connectivity index is 1.99. The summed E-state index contributed by atoms with van der Waals surface area (Å²) in [6.45, 7) is 2.95. The Morgan fingerprint density at radius 3 is 2.65 bits per heavy atom. The summed E-state index contributed by atoms with van der Waals surface area (Å²) in [5, 5.41) is 15.2. The highest BCUT2D eigenvalue weighted by Crippen LogP contribution is 2.25. The second kappa shape index (κ2) is 7.01. The molecule has 0 atom stereocenters. The second-order valence-corrected chi connectivity index (χ2v) is 6.47. The van der Waals surface area contributed by atoms with Gasteiger partial charge in [-0.1, -0.05) is 0 Å². The average Bonchev–Trinajstić information content (AvgIpc) is 3.19. The van der Waals surface area contributed by atoms with E-state index in [4.69, 9.17) is 4.74 Å². The monoisotopic (exact) mass is 371 g/mol. The van der Waals surface area contributed by atoms with Crippen molar-refractivity contribution in [2.45, 2.75) is 13.8 Å². The van der Waals surface area contributed by atoms with Gasteiger partial charge < -0.3 is 9.84 Å². The lowest BCUT2D eigenvalue weighted by molar-refractivity contribution is -0.112. The van der Waals surface area contributed by atoms with Gasteiger partial charge in [0.1, 0.15) is 17.1 Å². The number of allylic oxidation sites excluding steroid dienone is 1. The molecule has 0 amide bonds. The molecular weight excluding hydrogens is 354 g/mol. The fraction of sp³-hybridized carbons (Fsp3) is 0.167. The Morgan fingerprint density at radius 1 is 1.35 bits per heavy atom. The van der Waals surface area contributed by atoms with Crippen LogP contribution in [0.3, 0.4) is 0 Å². The van der Waals surface area contributed by atoms with Crippen LogP contribution in [0.2, 0.25) is 0 Å². The van der Waals surface area contributed by atoms with Crippen molar-refractivity contribution < 1.29 is 14.6 Å². The lowest BCUT2D eigenvalue weighted by Crippen LogP contribution is -2.17. The number of hydrogen-bond donors (Lipinski definition) is 2. The highest BCUT2D eigenvalue weighted by molar-refractivity contribution is 7.12.